The summed E-state index contributed by atoms with van der Waals surface area (Å²) in [6.07, 6.45) is 9.04. The summed E-state index contributed by atoms with van der Waals surface area (Å²) in [6, 6.07) is 0. The van der Waals surface area contributed by atoms with Crippen LogP contribution >= 0.6 is 0 Å². The van der Waals surface area contributed by atoms with Gasteiger partial charge in [-0.15, -0.1) is 0 Å². The molecule has 0 fully saturated rings. The molecule has 0 aliphatic carbocycles. The van der Waals surface area contributed by atoms with E-state index in [0.717, 1.165) is 18.4 Å². The first-order valence-corrected chi connectivity index (χ1v) is 7.01. The Labute approximate surface area is 106 Å². The molecule has 0 aromatic heterocycles. The highest BCUT2D eigenvalue weighted by molar-refractivity contribution is 5.87. The molecule has 0 amide bonds. The number of carbonyl (C=O) groups is 1. The minimum Gasteiger partial charge on any atom is -0.462 e. The maximum atomic E-state index is 11.6. The SMILES string of the molecule is CCCCCC(C=C(C)C(=O)OCCC)CC. The van der Waals surface area contributed by atoms with Crippen LogP contribution in [-0.2, 0) is 9.53 Å². The smallest absolute Gasteiger partial charge is 0.333 e. The molecule has 0 rings (SSSR count). The quantitative estimate of drug-likeness (QED) is 0.337. The lowest BCUT2D eigenvalue weighted by Gasteiger charge is -2.11. The Hall–Kier alpha value is -0.790. The van der Waals surface area contributed by atoms with E-state index >= 15 is 0 Å². The van der Waals surface area contributed by atoms with Crippen molar-refractivity contribution in [3.05, 3.63) is 11.6 Å². The molecule has 0 aliphatic heterocycles. The number of rotatable bonds is 9. The van der Waals surface area contributed by atoms with E-state index in [9.17, 15) is 4.79 Å². The summed E-state index contributed by atoms with van der Waals surface area (Å²) in [4.78, 5) is 11.6. The molecule has 0 saturated heterocycles. The van der Waals surface area contributed by atoms with Crippen molar-refractivity contribution in [2.24, 2.45) is 5.92 Å². The minimum absolute atomic E-state index is 0.152. The average Bonchev–Trinajstić information content (AvgIpc) is 2.34. The van der Waals surface area contributed by atoms with Crippen LogP contribution in [-0.4, -0.2) is 12.6 Å². The topological polar surface area (TPSA) is 26.3 Å². The van der Waals surface area contributed by atoms with Gasteiger partial charge in [-0.25, -0.2) is 4.79 Å². The summed E-state index contributed by atoms with van der Waals surface area (Å²) in [5, 5.41) is 0. The van der Waals surface area contributed by atoms with E-state index in [1.54, 1.807) is 0 Å². The zero-order valence-corrected chi connectivity index (χ0v) is 11.9. The number of unbranched alkanes of at least 4 members (excludes halogenated alkanes) is 2. The normalized spacial score (nSPS) is 13.5. The van der Waals surface area contributed by atoms with Gasteiger partial charge in [-0.1, -0.05) is 46.1 Å². The highest BCUT2D eigenvalue weighted by Gasteiger charge is 2.09. The zero-order chi connectivity index (χ0) is 13.1. The number of ether oxygens (including phenoxy) is 1. The molecule has 0 spiro atoms. The maximum Gasteiger partial charge on any atom is 0.333 e. The summed E-state index contributed by atoms with van der Waals surface area (Å²) in [7, 11) is 0. The number of esters is 1. The van der Waals surface area contributed by atoms with E-state index in [1.807, 2.05) is 13.8 Å². The number of hydrogen-bond donors (Lipinski definition) is 0. The number of carbonyl (C=O) groups excluding carboxylic acids is 1. The van der Waals surface area contributed by atoms with E-state index in [0.29, 0.717) is 12.5 Å². The fourth-order valence-corrected chi connectivity index (χ4v) is 1.79. The van der Waals surface area contributed by atoms with E-state index < -0.39 is 0 Å². The van der Waals surface area contributed by atoms with Gasteiger partial charge in [-0.2, -0.15) is 0 Å². The van der Waals surface area contributed by atoms with Crippen molar-refractivity contribution in [2.75, 3.05) is 6.61 Å². The molecule has 2 heteroatoms. The van der Waals surface area contributed by atoms with E-state index in [-0.39, 0.29) is 5.97 Å². The standard InChI is InChI=1S/C15H28O2/c1-5-8-9-10-14(7-3)12-13(4)15(16)17-11-6-2/h12,14H,5-11H2,1-4H3. The highest BCUT2D eigenvalue weighted by Crippen LogP contribution is 2.17. The largest absolute Gasteiger partial charge is 0.462 e. The fourth-order valence-electron chi connectivity index (χ4n) is 1.79. The lowest BCUT2D eigenvalue weighted by atomic mass is 9.96. The van der Waals surface area contributed by atoms with Gasteiger partial charge in [0.15, 0.2) is 0 Å². The summed E-state index contributed by atoms with van der Waals surface area (Å²) in [6.45, 7) is 8.78. The Morgan fingerprint density at radius 3 is 2.41 bits per heavy atom. The predicted octanol–water partition coefficient (Wildman–Crippen LogP) is 4.49. The van der Waals surface area contributed by atoms with Gasteiger partial charge in [0.05, 0.1) is 6.61 Å². The van der Waals surface area contributed by atoms with Crippen LogP contribution in [0.15, 0.2) is 11.6 Å². The van der Waals surface area contributed by atoms with Crippen LogP contribution in [0.2, 0.25) is 0 Å². The highest BCUT2D eigenvalue weighted by atomic mass is 16.5. The molecule has 0 aliphatic rings. The molecular formula is C15H28O2. The van der Waals surface area contributed by atoms with Gasteiger partial charge in [-0.3, -0.25) is 0 Å². The fraction of sp³-hybridized carbons (Fsp3) is 0.800. The van der Waals surface area contributed by atoms with Crippen LogP contribution in [0, 0.1) is 5.92 Å². The molecule has 0 aromatic carbocycles. The van der Waals surface area contributed by atoms with Gasteiger partial charge in [0, 0.05) is 5.57 Å². The second kappa shape index (κ2) is 10.4. The Bertz CT molecular complexity index is 231. The molecule has 0 heterocycles. The summed E-state index contributed by atoms with van der Waals surface area (Å²) < 4.78 is 5.12. The Balaban J connectivity index is 4.14. The van der Waals surface area contributed by atoms with Crippen LogP contribution in [0.25, 0.3) is 0 Å². The third-order valence-electron chi connectivity index (χ3n) is 2.95. The predicted molar refractivity (Wildman–Crippen MR) is 72.9 cm³/mol. The number of allylic oxidation sites excluding steroid dienone is 1. The van der Waals surface area contributed by atoms with Crippen LogP contribution in [0.1, 0.15) is 66.2 Å². The Morgan fingerprint density at radius 1 is 1.18 bits per heavy atom. The molecule has 0 N–H and O–H groups in total. The van der Waals surface area contributed by atoms with Gasteiger partial charge in [0.25, 0.3) is 0 Å². The zero-order valence-electron chi connectivity index (χ0n) is 11.9. The average molecular weight is 240 g/mol. The maximum absolute atomic E-state index is 11.6. The van der Waals surface area contributed by atoms with Gasteiger partial charge in [0.1, 0.15) is 0 Å². The van der Waals surface area contributed by atoms with E-state index in [1.165, 1.54) is 25.7 Å². The van der Waals surface area contributed by atoms with Crippen molar-refractivity contribution >= 4 is 5.97 Å². The first-order valence-electron chi connectivity index (χ1n) is 7.01. The van der Waals surface area contributed by atoms with Crippen molar-refractivity contribution in [2.45, 2.75) is 66.2 Å². The molecule has 17 heavy (non-hydrogen) atoms. The van der Waals surface area contributed by atoms with Crippen LogP contribution < -0.4 is 0 Å². The molecule has 2 nitrogen and oxygen atoms in total. The second-order valence-corrected chi connectivity index (χ2v) is 4.65. The van der Waals surface area contributed by atoms with Gasteiger partial charge >= 0.3 is 5.97 Å². The van der Waals surface area contributed by atoms with E-state index in [4.69, 9.17) is 4.74 Å². The first kappa shape index (κ1) is 16.2. The number of hydrogen-bond acceptors (Lipinski definition) is 2. The molecule has 0 bridgehead atoms. The summed E-state index contributed by atoms with van der Waals surface area (Å²) >= 11 is 0. The third kappa shape index (κ3) is 8.00. The summed E-state index contributed by atoms with van der Waals surface area (Å²) in [5.41, 5.74) is 0.766. The molecule has 100 valence electrons. The Morgan fingerprint density at radius 2 is 1.88 bits per heavy atom. The third-order valence-corrected chi connectivity index (χ3v) is 2.95. The van der Waals surface area contributed by atoms with Crippen molar-refractivity contribution in [1.29, 1.82) is 0 Å². The van der Waals surface area contributed by atoms with Crippen molar-refractivity contribution in [1.82, 2.24) is 0 Å². The van der Waals surface area contributed by atoms with Crippen LogP contribution in [0.5, 0.6) is 0 Å². The van der Waals surface area contributed by atoms with Crippen molar-refractivity contribution in [3.63, 3.8) is 0 Å². The molecule has 0 radical (unpaired) electrons. The lowest BCUT2D eigenvalue weighted by Crippen LogP contribution is -2.08. The van der Waals surface area contributed by atoms with Gasteiger partial charge in [-0.05, 0) is 32.1 Å². The van der Waals surface area contributed by atoms with Gasteiger partial charge in [0.2, 0.25) is 0 Å². The second-order valence-electron chi connectivity index (χ2n) is 4.65. The monoisotopic (exact) mass is 240 g/mol. The van der Waals surface area contributed by atoms with Crippen LogP contribution in [0.4, 0.5) is 0 Å². The first-order chi connectivity index (χ1) is 8.15. The molecule has 0 aromatic rings. The van der Waals surface area contributed by atoms with Crippen molar-refractivity contribution < 1.29 is 9.53 Å². The van der Waals surface area contributed by atoms with Crippen LogP contribution in [0.3, 0.4) is 0 Å². The minimum atomic E-state index is -0.152. The lowest BCUT2D eigenvalue weighted by molar-refractivity contribution is -0.139. The van der Waals surface area contributed by atoms with Gasteiger partial charge < -0.3 is 4.74 Å². The molecule has 1 atom stereocenters. The molecule has 1 unspecified atom stereocenters. The molecule has 0 saturated carbocycles. The van der Waals surface area contributed by atoms with E-state index in [2.05, 4.69) is 19.9 Å². The summed E-state index contributed by atoms with van der Waals surface area (Å²) in [5.74, 6) is 0.372. The Kier molecular flexibility index (Phi) is 9.89. The molecular weight excluding hydrogens is 212 g/mol. The van der Waals surface area contributed by atoms with Crippen molar-refractivity contribution in [3.8, 4) is 0 Å².